The lowest BCUT2D eigenvalue weighted by Crippen LogP contribution is -2.33. The van der Waals surface area contributed by atoms with E-state index in [-0.39, 0.29) is 0 Å². The molecule has 0 amide bonds. The average molecular weight is 208 g/mol. The molecule has 1 aliphatic rings. The van der Waals surface area contributed by atoms with Crippen LogP contribution in [0.3, 0.4) is 0 Å². The minimum Gasteiger partial charge on any atom is -0.337 e. The highest BCUT2D eigenvalue weighted by Crippen LogP contribution is 2.09. The summed E-state index contributed by atoms with van der Waals surface area (Å²) in [6, 6.07) is 0. The predicted molar refractivity (Wildman–Crippen MR) is 60.5 cm³/mol. The van der Waals surface area contributed by atoms with E-state index < -0.39 is 0 Å². The number of aromatic nitrogens is 2. The van der Waals surface area contributed by atoms with E-state index >= 15 is 0 Å². The van der Waals surface area contributed by atoms with Gasteiger partial charge in [-0.1, -0.05) is 0 Å². The summed E-state index contributed by atoms with van der Waals surface area (Å²) in [5.74, 6) is 1.95. The van der Waals surface area contributed by atoms with Gasteiger partial charge in [-0.25, -0.2) is 4.98 Å². The Balaban J connectivity index is 1.68. The molecular formula is C11H20N4. The Morgan fingerprint density at radius 1 is 1.53 bits per heavy atom. The molecule has 2 N–H and O–H groups in total. The Morgan fingerprint density at radius 2 is 2.33 bits per heavy atom. The van der Waals surface area contributed by atoms with E-state index in [1.807, 2.05) is 19.4 Å². The van der Waals surface area contributed by atoms with Crippen LogP contribution in [0.5, 0.6) is 0 Å². The van der Waals surface area contributed by atoms with Crippen LogP contribution < -0.4 is 10.6 Å². The van der Waals surface area contributed by atoms with Gasteiger partial charge in [0.25, 0.3) is 0 Å². The number of hydrogen-bond acceptors (Lipinski definition) is 3. The first-order valence-electron chi connectivity index (χ1n) is 5.74. The molecule has 1 saturated heterocycles. The summed E-state index contributed by atoms with van der Waals surface area (Å²) in [7, 11) is 2.04. The van der Waals surface area contributed by atoms with Gasteiger partial charge in [-0.05, 0) is 38.4 Å². The number of rotatable bonds is 4. The minimum atomic E-state index is 0.839. The summed E-state index contributed by atoms with van der Waals surface area (Å²) < 4.78 is 2.06. The van der Waals surface area contributed by atoms with Crippen LogP contribution in [0.25, 0.3) is 0 Å². The number of nitrogens with zero attached hydrogens (tertiary/aromatic N) is 2. The molecule has 0 aromatic carbocycles. The molecule has 0 unspecified atom stereocenters. The Hall–Kier alpha value is -0.870. The lowest BCUT2D eigenvalue weighted by molar-refractivity contribution is 0.354. The van der Waals surface area contributed by atoms with Crippen molar-refractivity contribution in [2.45, 2.75) is 19.4 Å². The van der Waals surface area contributed by atoms with Crippen LogP contribution >= 0.6 is 0 Å². The minimum absolute atomic E-state index is 0.839. The van der Waals surface area contributed by atoms with Crippen molar-refractivity contribution >= 4 is 0 Å². The zero-order valence-electron chi connectivity index (χ0n) is 9.37. The second-order valence-corrected chi connectivity index (χ2v) is 4.28. The molecule has 0 aliphatic carbocycles. The molecule has 4 nitrogen and oxygen atoms in total. The number of aryl methyl sites for hydroxylation is 1. The number of nitrogens with one attached hydrogen (secondary N) is 2. The number of imidazole rings is 1. The zero-order chi connectivity index (χ0) is 10.5. The zero-order valence-corrected chi connectivity index (χ0v) is 9.37. The van der Waals surface area contributed by atoms with E-state index in [2.05, 4.69) is 20.2 Å². The molecule has 1 aliphatic heterocycles. The first-order chi connectivity index (χ1) is 7.36. The summed E-state index contributed by atoms with van der Waals surface area (Å²) >= 11 is 0. The van der Waals surface area contributed by atoms with Crippen molar-refractivity contribution in [2.75, 3.05) is 19.6 Å². The first-order valence-corrected chi connectivity index (χ1v) is 5.74. The molecule has 0 spiro atoms. The molecule has 0 saturated carbocycles. The van der Waals surface area contributed by atoms with E-state index in [9.17, 15) is 0 Å². The van der Waals surface area contributed by atoms with Gasteiger partial charge < -0.3 is 15.2 Å². The molecule has 1 aromatic heterocycles. The highest BCUT2D eigenvalue weighted by atomic mass is 15.1. The lowest BCUT2D eigenvalue weighted by Gasteiger charge is -2.22. The largest absolute Gasteiger partial charge is 0.337 e. The fraction of sp³-hybridized carbons (Fsp3) is 0.727. The van der Waals surface area contributed by atoms with Gasteiger partial charge in [0.1, 0.15) is 5.82 Å². The van der Waals surface area contributed by atoms with Gasteiger partial charge in [0, 0.05) is 19.4 Å². The van der Waals surface area contributed by atoms with E-state index in [0.717, 1.165) is 24.8 Å². The maximum atomic E-state index is 4.29. The molecule has 0 radical (unpaired) electrons. The molecule has 1 fully saturated rings. The van der Waals surface area contributed by atoms with Crippen molar-refractivity contribution in [3.8, 4) is 0 Å². The Kier molecular flexibility index (Phi) is 3.75. The van der Waals surface area contributed by atoms with Crippen molar-refractivity contribution in [3.05, 3.63) is 18.2 Å². The maximum Gasteiger partial charge on any atom is 0.122 e. The van der Waals surface area contributed by atoms with Crippen LogP contribution in [0.2, 0.25) is 0 Å². The van der Waals surface area contributed by atoms with Crippen molar-refractivity contribution in [1.82, 2.24) is 20.2 Å². The van der Waals surface area contributed by atoms with Gasteiger partial charge in [-0.2, -0.15) is 0 Å². The Morgan fingerprint density at radius 3 is 3.00 bits per heavy atom. The van der Waals surface area contributed by atoms with E-state index in [1.54, 1.807) is 0 Å². The fourth-order valence-corrected chi connectivity index (χ4v) is 2.04. The van der Waals surface area contributed by atoms with Crippen molar-refractivity contribution in [2.24, 2.45) is 13.0 Å². The van der Waals surface area contributed by atoms with Gasteiger partial charge in [0.15, 0.2) is 0 Å². The van der Waals surface area contributed by atoms with Crippen LogP contribution in [0.4, 0.5) is 0 Å². The normalized spacial score (nSPS) is 18.2. The standard InChI is InChI=1S/C11H20N4/c1-15-7-6-14-11(15)9-13-8-10-2-4-12-5-3-10/h6-7,10,12-13H,2-5,8-9H2,1H3. The molecule has 2 rings (SSSR count). The van der Waals surface area contributed by atoms with Crippen molar-refractivity contribution in [3.63, 3.8) is 0 Å². The third-order valence-corrected chi connectivity index (χ3v) is 3.10. The van der Waals surface area contributed by atoms with Crippen LogP contribution in [-0.2, 0) is 13.6 Å². The van der Waals surface area contributed by atoms with E-state index in [4.69, 9.17) is 0 Å². The van der Waals surface area contributed by atoms with Crippen LogP contribution in [0.15, 0.2) is 12.4 Å². The fourth-order valence-electron chi connectivity index (χ4n) is 2.04. The van der Waals surface area contributed by atoms with Crippen molar-refractivity contribution in [1.29, 1.82) is 0 Å². The molecular weight excluding hydrogens is 188 g/mol. The maximum absolute atomic E-state index is 4.29. The smallest absolute Gasteiger partial charge is 0.122 e. The Bertz CT molecular complexity index is 289. The summed E-state index contributed by atoms with van der Waals surface area (Å²) in [5.41, 5.74) is 0. The van der Waals surface area contributed by atoms with Gasteiger partial charge >= 0.3 is 0 Å². The molecule has 0 bridgehead atoms. The quantitative estimate of drug-likeness (QED) is 0.757. The molecule has 2 heterocycles. The molecule has 1 aromatic rings. The molecule has 0 atom stereocenters. The molecule has 84 valence electrons. The summed E-state index contributed by atoms with van der Waals surface area (Å²) in [6.45, 7) is 4.35. The Labute approximate surface area is 91.1 Å². The first kappa shape index (κ1) is 10.6. The highest BCUT2D eigenvalue weighted by molar-refractivity contribution is 4.90. The summed E-state index contributed by atoms with van der Waals surface area (Å²) in [5, 5.41) is 6.87. The molecule has 15 heavy (non-hydrogen) atoms. The van der Waals surface area contributed by atoms with Gasteiger partial charge in [0.2, 0.25) is 0 Å². The summed E-state index contributed by atoms with van der Waals surface area (Å²) in [6.07, 6.45) is 6.43. The molecule has 4 heteroatoms. The summed E-state index contributed by atoms with van der Waals surface area (Å²) in [4.78, 5) is 4.29. The van der Waals surface area contributed by atoms with Crippen molar-refractivity contribution < 1.29 is 0 Å². The van der Waals surface area contributed by atoms with Crippen LogP contribution in [-0.4, -0.2) is 29.2 Å². The van der Waals surface area contributed by atoms with Gasteiger partial charge in [-0.15, -0.1) is 0 Å². The van der Waals surface area contributed by atoms with E-state index in [1.165, 1.54) is 25.9 Å². The second-order valence-electron chi connectivity index (χ2n) is 4.28. The topological polar surface area (TPSA) is 41.9 Å². The number of piperidine rings is 1. The predicted octanol–water partition coefficient (Wildman–Crippen LogP) is 0.509. The monoisotopic (exact) mass is 208 g/mol. The average Bonchev–Trinajstić information content (AvgIpc) is 2.66. The van der Waals surface area contributed by atoms with E-state index in [0.29, 0.717) is 0 Å². The van der Waals surface area contributed by atoms with Gasteiger partial charge in [-0.3, -0.25) is 0 Å². The van der Waals surface area contributed by atoms with Gasteiger partial charge in [0.05, 0.1) is 6.54 Å². The number of hydrogen-bond donors (Lipinski definition) is 2. The van der Waals surface area contributed by atoms with Crippen LogP contribution in [0.1, 0.15) is 18.7 Å². The SMILES string of the molecule is Cn1ccnc1CNCC1CCNCC1. The second kappa shape index (κ2) is 5.28. The lowest BCUT2D eigenvalue weighted by atomic mass is 9.98. The third-order valence-electron chi connectivity index (χ3n) is 3.10. The van der Waals surface area contributed by atoms with Crippen LogP contribution in [0, 0.1) is 5.92 Å². The third kappa shape index (κ3) is 3.04. The highest BCUT2D eigenvalue weighted by Gasteiger charge is 2.12.